The van der Waals surface area contributed by atoms with Gasteiger partial charge in [0.05, 0.1) is 25.0 Å². The summed E-state index contributed by atoms with van der Waals surface area (Å²) in [5.74, 6) is 0.580. The van der Waals surface area contributed by atoms with Gasteiger partial charge in [0.1, 0.15) is 6.33 Å². The van der Waals surface area contributed by atoms with Gasteiger partial charge in [-0.15, -0.1) is 10.2 Å². The number of piperazine rings is 1. The molecule has 0 aromatic carbocycles. The molecule has 0 N–H and O–H groups in total. The predicted molar refractivity (Wildman–Crippen MR) is 79.1 cm³/mol. The average Bonchev–Trinajstić information content (AvgIpc) is 2.90. The lowest BCUT2D eigenvalue weighted by Crippen LogP contribution is -2.62. The normalized spacial score (nSPS) is 26.7. The van der Waals surface area contributed by atoms with Crippen LogP contribution in [0.1, 0.15) is 6.92 Å². The second kappa shape index (κ2) is 6.33. The fourth-order valence-electron chi connectivity index (χ4n) is 2.92. The minimum Gasteiger partial charge on any atom is -0.378 e. The molecule has 2 saturated heterocycles. The van der Waals surface area contributed by atoms with Crippen molar-refractivity contribution in [1.82, 2.24) is 24.6 Å². The number of fused-ring (bicyclic) bond motifs is 1. The Kier molecular flexibility index (Phi) is 4.46. The summed E-state index contributed by atoms with van der Waals surface area (Å²) in [6.45, 7) is 6.22. The zero-order valence-electron chi connectivity index (χ0n) is 12.4. The third-order valence-corrected chi connectivity index (χ3v) is 5.13. The number of carbonyl (C=O) groups is 1. The molecule has 1 aromatic heterocycles. The molecule has 0 spiro atoms. The molecule has 0 bridgehead atoms. The van der Waals surface area contributed by atoms with Crippen molar-refractivity contribution in [3.63, 3.8) is 0 Å². The number of carbonyl (C=O) groups excluding carboxylic acids is 1. The number of amides is 1. The third kappa shape index (κ3) is 3.22. The lowest BCUT2D eigenvalue weighted by molar-refractivity contribution is -0.136. The molecule has 3 heterocycles. The van der Waals surface area contributed by atoms with Crippen molar-refractivity contribution in [3.8, 4) is 0 Å². The number of rotatable bonds is 3. The molecule has 1 amide bonds. The smallest absolute Gasteiger partial charge is 0.233 e. The quantitative estimate of drug-likeness (QED) is 0.723. The lowest BCUT2D eigenvalue weighted by Gasteiger charge is -2.46. The van der Waals surface area contributed by atoms with Crippen molar-refractivity contribution in [1.29, 1.82) is 0 Å². The molecular formula is C13H21N5O2S. The van der Waals surface area contributed by atoms with Gasteiger partial charge < -0.3 is 14.2 Å². The number of aryl methyl sites for hydroxylation is 1. The Morgan fingerprint density at radius 3 is 3.10 bits per heavy atom. The first-order chi connectivity index (χ1) is 10.1. The van der Waals surface area contributed by atoms with Gasteiger partial charge >= 0.3 is 0 Å². The van der Waals surface area contributed by atoms with E-state index in [0.717, 1.165) is 38.0 Å². The number of nitrogens with zero attached hydrogens (tertiary/aromatic N) is 5. The Hall–Kier alpha value is -1.12. The Labute approximate surface area is 128 Å². The van der Waals surface area contributed by atoms with Crippen molar-refractivity contribution in [2.24, 2.45) is 7.05 Å². The van der Waals surface area contributed by atoms with Crippen LogP contribution in [0.25, 0.3) is 0 Å². The number of morpholine rings is 1. The van der Waals surface area contributed by atoms with Crippen molar-refractivity contribution < 1.29 is 9.53 Å². The number of hydrogen-bond donors (Lipinski definition) is 0. The van der Waals surface area contributed by atoms with Gasteiger partial charge in [0, 0.05) is 32.7 Å². The van der Waals surface area contributed by atoms with Crippen molar-refractivity contribution in [2.75, 3.05) is 38.6 Å². The molecule has 21 heavy (non-hydrogen) atoms. The van der Waals surface area contributed by atoms with Gasteiger partial charge in [-0.05, 0) is 6.92 Å². The van der Waals surface area contributed by atoms with Crippen LogP contribution in [0.15, 0.2) is 11.5 Å². The van der Waals surface area contributed by atoms with E-state index >= 15 is 0 Å². The maximum Gasteiger partial charge on any atom is 0.233 e. The maximum absolute atomic E-state index is 12.3. The molecule has 2 atom stereocenters. The van der Waals surface area contributed by atoms with Gasteiger partial charge in [0.25, 0.3) is 0 Å². The van der Waals surface area contributed by atoms with E-state index in [-0.39, 0.29) is 5.91 Å². The second-order valence-electron chi connectivity index (χ2n) is 5.63. The fourth-order valence-corrected chi connectivity index (χ4v) is 3.71. The van der Waals surface area contributed by atoms with Crippen molar-refractivity contribution >= 4 is 17.7 Å². The number of aromatic nitrogens is 3. The zero-order chi connectivity index (χ0) is 14.8. The van der Waals surface area contributed by atoms with Crippen LogP contribution >= 0.6 is 11.8 Å². The predicted octanol–water partition coefficient (Wildman–Crippen LogP) is -0.161. The monoisotopic (exact) mass is 311 g/mol. The van der Waals surface area contributed by atoms with Gasteiger partial charge in [0.15, 0.2) is 5.16 Å². The van der Waals surface area contributed by atoms with Gasteiger partial charge in [-0.3, -0.25) is 9.69 Å². The Morgan fingerprint density at radius 2 is 2.33 bits per heavy atom. The first-order valence-electron chi connectivity index (χ1n) is 7.23. The summed E-state index contributed by atoms with van der Waals surface area (Å²) in [5.41, 5.74) is 0. The van der Waals surface area contributed by atoms with Crippen LogP contribution in [-0.4, -0.2) is 81.2 Å². The molecule has 3 rings (SSSR count). The molecule has 0 aliphatic carbocycles. The first kappa shape index (κ1) is 14.8. The molecule has 1 aromatic rings. The molecule has 2 fully saturated rings. The summed E-state index contributed by atoms with van der Waals surface area (Å²) in [6.07, 6.45) is 1.65. The van der Waals surface area contributed by atoms with Crippen LogP contribution in [0.2, 0.25) is 0 Å². The van der Waals surface area contributed by atoms with E-state index in [9.17, 15) is 4.79 Å². The first-order valence-corrected chi connectivity index (χ1v) is 8.22. The maximum atomic E-state index is 12.3. The van der Waals surface area contributed by atoms with Crippen LogP contribution < -0.4 is 0 Å². The molecule has 8 heteroatoms. The highest BCUT2D eigenvalue weighted by atomic mass is 32.2. The molecule has 7 nitrogen and oxygen atoms in total. The van der Waals surface area contributed by atoms with Crippen LogP contribution in [0.4, 0.5) is 0 Å². The van der Waals surface area contributed by atoms with E-state index in [0.29, 0.717) is 17.8 Å². The van der Waals surface area contributed by atoms with E-state index in [1.54, 1.807) is 6.33 Å². The summed E-state index contributed by atoms with van der Waals surface area (Å²) >= 11 is 1.44. The molecule has 0 saturated carbocycles. The van der Waals surface area contributed by atoms with E-state index in [1.165, 1.54) is 11.8 Å². The minimum absolute atomic E-state index is 0.167. The van der Waals surface area contributed by atoms with Gasteiger partial charge in [-0.25, -0.2) is 0 Å². The Bertz CT molecular complexity index is 509. The third-order valence-electron chi connectivity index (χ3n) is 4.11. The second-order valence-corrected chi connectivity index (χ2v) is 6.57. The summed E-state index contributed by atoms with van der Waals surface area (Å²) in [4.78, 5) is 16.8. The molecule has 116 valence electrons. The topological polar surface area (TPSA) is 63.5 Å². The Morgan fingerprint density at radius 1 is 1.48 bits per heavy atom. The van der Waals surface area contributed by atoms with Crippen LogP contribution in [0.3, 0.4) is 0 Å². The molecule has 0 unspecified atom stereocenters. The van der Waals surface area contributed by atoms with Gasteiger partial charge in [-0.2, -0.15) is 0 Å². The summed E-state index contributed by atoms with van der Waals surface area (Å²) < 4.78 is 7.43. The van der Waals surface area contributed by atoms with Crippen LogP contribution in [0.5, 0.6) is 0 Å². The molecular weight excluding hydrogens is 290 g/mol. The van der Waals surface area contributed by atoms with Crippen molar-refractivity contribution in [3.05, 3.63) is 6.33 Å². The van der Waals surface area contributed by atoms with E-state index in [2.05, 4.69) is 22.0 Å². The molecule has 0 radical (unpaired) electrons. The van der Waals surface area contributed by atoms with E-state index in [4.69, 9.17) is 4.74 Å². The molecule has 2 aliphatic heterocycles. The Balaban J connectivity index is 1.53. The highest BCUT2D eigenvalue weighted by Gasteiger charge is 2.34. The van der Waals surface area contributed by atoms with Gasteiger partial charge in [0.2, 0.25) is 5.91 Å². The standard InChI is InChI=1S/C13H21N5O2S/c1-10-6-20-7-11-5-17(3-4-18(10)11)12(19)8-21-13-15-14-9-16(13)2/h9-11H,3-8H2,1-2H3/t10-,11+/m0/s1. The van der Waals surface area contributed by atoms with Crippen LogP contribution in [-0.2, 0) is 16.6 Å². The zero-order valence-corrected chi connectivity index (χ0v) is 13.3. The minimum atomic E-state index is 0.167. The number of thioether (sulfide) groups is 1. The highest BCUT2D eigenvalue weighted by molar-refractivity contribution is 7.99. The summed E-state index contributed by atoms with van der Waals surface area (Å²) in [6, 6.07) is 0.792. The molecule has 2 aliphatic rings. The SMILES string of the molecule is C[C@H]1COC[C@H]2CN(C(=O)CSc3nncn3C)CCN21. The highest BCUT2D eigenvalue weighted by Crippen LogP contribution is 2.20. The largest absolute Gasteiger partial charge is 0.378 e. The lowest BCUT2D eigenvalue weighted by atomic mass is 10.1. The van der Waals surface area contributed by atoms with Crippen LogP contribution in [0, 0.1) is 0 Å². The fraction of sp³-hybridized carbons (Fsp3) is 0.769. The summed E-state index contributed by atoms with van der Waals surface area (Å²) in [5, 5.41) is 8.58. The van der Waals surface area contributed by atoms with E-state index in [1.807, 2.05) is 16.5 Å². The van der Waals surface area contributed by atoms with Crippen molar-refractivity contribution in [2.45, 2.75) is 24.2 Å². The number of ether oxygens (including phenoxy) is 1. The average molecular weight is 311 g/mol. The number of hydrogen-bond acceptors (Lipinski definition) is 6. The van der Waals surface area contributed by atoms with Gasteiger partial charge in [-0.1, -0.05) is 11.8 Å². The summed E-state index contributed by atoms with van der Waals surface area (Å²) in [7, 11) is 1.88. The van der Waals surface area contributed by atoms with E-state index < -0.39 is 0 Å².